The molecule has 82 valence electrons. The minimum atomic E-state index is -0.773. The van der Waals surface area contributed by atoms with E-state index in [1.165, 1.54) is 12.8 Å². The van der Waals surface area contributed by atoms with Gasteiger partial charge in [-0.25, -0.2) is 4.99 Å². The molecule has 1 rings (SSSR count). The first-order valence-electron chi connectivity index (χ1n) is 5.15. The molecule has 2 atom stereocenters. The van der Waals surface area contributed by atoms with Gasteiger partial charge in [-0.05, 0) is 13.3 Å². The summed E-state index contributed by atoms with van der Waals surface area (Å²) in [4.78, 5) is 4.40. The van der Waals surface area contributed by atoms with Crippen LogP contribution in [0.4, 0.5) is 0 Å². The summed E-state index contributed by atoms with van der Waals surface area (Å²) in [5.74, 6) is 0.602. The summed E-state index contributed by atoms with van der Waals surface area (Å²) < 4.78 is 5.34. The average Bonchev–Trinajstić information content (AvgIpc) is 2.17. The zero-order valence-corrected chi connectivity index (χ0v) is 10.1. The maximum Gasteiger partial charge on any atom is 0.217 e. The lowest BCUT2D eigenvalue weighted by molar-refractivity contribution is -0.0430. The highest BCUT2D eigenvalue weighted by Crippen LogP contribution is 2.32. The van der Waals surface area contributed by atoms with Crippen LogP contribution in [-0.4, -0.2) is 23.8 Å². The Morgan fingerprint density at radius 1 is 1.71 bits per heavy atom. The molecule has 0 amide bonds. The molecule has 2 unspecified atom stereocenters. The third kappa shape index (κ3) is 2.72. The fourth-order valence-electron chi connectivity index (χ4n) is 1.66. The van der Waals surface area contributed by atoms with E-state index in [0.717, 1.165) is 17.2 Å². The fourth-order valence-corrected chi connectivity index (χ4v) is 2.72. The maximum atomic E-state index is 6.11. The van der Waals surface area contributed by atoms with E-state index in [2.05, 4.69) is 11.9 Å². The Bertz CT molecular complexity index is 220. The number of nitrogens with zero attached hydrogens (tertiary/aromatic N) is 1. The normalized spacial score (nSPS) is 32.9. The molecule has 0 saturated carbocycles. The van der Waals surface area contributed by atoms with E-state index in [-0.39, 0.29) is 0 Å². The number of aliphatic imine (C=N–C) groups is 1. The largest absolute Gasteiger partial charge is 0.344 e. The van der Waals surface area contributed by atoms with Gasteiger partial charge in [-0.2, -0.15) is 0 Å². The van der Waals surface area contributed by atoms with Gasteiger partial charge in [0.05, 0.1) is 5.04 Å². The van der Waals surface area contributed by atoms with Crippen molar-refractivity contribution in [1.82, 2.24) is 0 Å². The maximum absolute atomic E-state index is 6.11. The number of ether oxygens (including phenoxy) is 1. The average molecular weight is 216 g/mol. The minimum absolute atomic E-state index is 0.348. The molecule has 0 aromatic heterocycles. The van der Waals surface area contributed by atoms with Gasteiger partial charge in [-0.3, -0.25) is 5.73 Å². The molecule has 1 aliphatic rings. The lowest BCUT2D eigenvalue weighted by Gasteiger charge is -2.36. The van der Waals surface area contributed by atoms with Crippen LogP contribution in [0.25, 0.3) is 0 Å². The van der Waals surface area contributed by atoms with Crippen LogP contribution in [0, 0.1) is 5.92 Å². The highest BCUT2D eigenvalue weighted by atomic mass is 32.2. The van der Waals surface area contributed by atoms with Crippen LogP contribution in [0.3, 0.4) is 0 Å². The molecule has 0 saturated heterocycles. The Kier molecular flexibility index (Phi) is 4.41. The molecular weight excluding hydrogens is 196 g/mol. The van der Waals surface area contributed by atoms with E-state index in [0.29, 0.717) is 5.92 Å². The molecule has 0 aromatic rings. The van der Waals surface area contributed by atoms with Crippen molar-refractivity contribution in [3.63, 3.8) is 0 Å². The smallest absolute Gasteiger partial charge is 0.217 e. The van der Waals surface area contributed by atoms with Gasteiger partial charge in [-0.1, -0.05) is 19.8 Å². The highest BCUT2D eigenvalue weighted by molar-refractivity contribution is 8.13. The van der Waals surface area contributed by atoms with Gasteiger partial charge in [0.2, 0.25) is 5.85 Å². The third-order valence-corrected chi connectivity index (χ3v) is 3.72. The summed E-state index contributed by atoms with van der Waals surface area (Å²) in [6, 6.07) is 0. The number of thioether (sulfide) groups is 1. The van der Waals surface area contributed by atoms with Gasteiger partial charge in [0, 0.05) is 18.8 Å². The summed E-state index contributed by atoms with van der Waals surface area (Å²) in [6.07, 6.45) is 3.50. The Balaban J connectivity index is 2.66. The summed E-state index contributed by atoms with van der Waals surface area (Å²) in [6.45, 7) is 4.18. The molecule has 3 nitrogen and oxygen atoms in total. The number of hydrogen-bond donors (Lipinski definition) is 1. The fraction of sp³-hybridized carbons (Fsp3) is 0.900. The van der Waals surface area contributed by atoms with Gasteiger partial charge < -0.3 is 4.74 Å². The van der Waals surface area contributed by atoms with Crippen molar-refractivity contribution in [2.75, 3.05) is 12.9 Å². The number of hydrogen-bond acceptors (Lipinski definition) is 4. The Morgan fingerprint density at radius 2 is 2.43 bits per heavy atom. The molecule has 0 radical (unpaired) electrons. The molecule has 0 bridgehead atoms. The summed E-state index contributed by atoms with van der Waals surface area (Å²) in [5, 5.41) is 1.03. The topological polar surface area (TPSA) is 47.6 Å². The van der Waals surface area contributed by atoms with Gasteiger partial charge in [0.25, 0.3) is 0 Å². The molecule has 0 aromatic carbocycles. The second-order valence-corrected chi connectivity index (χ2v) is 4.95. The van der Waals surface area contributed by atoms with Crippen LogP contribution in [0.1, 0.15) is 33.1 Å². The Hall–Kier alpha value is -0.0600. The predicted molar refractivity (Wildman–Crippen MR) is 62.5 cm³/mol. The SMILES string of the molecule is CCCCC1CSC(C)=NC1(N)OC. The molecule has 4 heteroatoms. The number of unbranched alkanes of at least 4 members (excludes halogenated alkanes) is 1. The molecule has 1 aliphatic heterocycles. The quantitative estimate of drug-likeness (QED) is 0.733. The van der Waals surface area contributed by atoms with Gasteiger partial charge in [0.1, 0.15) is 0 Å². The first kappa shape index (κ1) is 12.0. The van der Waals surface area contributed by atoms with Crippen molar-refractivity contribution in [3.05, 3.63) is 0 Å². The van der Waals surface area contributed by atoms with E-state index in [9.17, 15) is 0 Å². The predicted octanol–water partition coefficient (Wildman–Crippen LogP) is 2.22. The lowest BCUT2D eigenvalue weighted by atomic mass is 9.98. The molecule has 0 fully saturated rings. The van der Waals surface area contributed by atoms with Crippen LogP contribution in [0.2, 0.25) is 0 Å². The van der Waals surface area contributed by atoms with Crippen LogP contribution < -0.4 is 5.73 Å². The molecule has 1 heterocycles. The third-order valence-electron chi connectivity index (χ3n) is 2.64. The van der Waals surface area contributed by atoms with E-state index in [1.807, 2.05) is 6.92 Å². The zero-order chi connectivity index (χ0) is 10.6. The van der Waals surface area contributed by atoms with Gasteiger partial charge in [0.15, 0.2) is 0 Å². The first-order chi connectivity index (χ1) is 6.62. The Morgan fingerprint density at radius 3 is 3.00 bits per heavy atom. The van der Waals surface area contributed by atoms with Crippen molar-refractivity contribution in [2.45, 2.75) is 39.0 Å². The second kappa shape index (κ2) is 5.14. The molecule has 14 heavy (non-hydrogen) atoms. The number of rotatable bonds is 4. The van der Waals surface area contributed by atoms with E-state index in [4.69, 9.17) is 10.5 Å². The first-order valence-corrected chi connectivity index (χ1v) is 6.14. The summed E-state index contributed by atoms with van der Waals surface area (Å²) in [7, 11) is 1.64. The number of nitrogens with two attached hydrogens (primary N) is 1. The standard InChI is InChI=1S/C10H20N2OS/c1-4-5-6-9-7-14-8(2)12-10(9,11)13-3/h9H,4-7,11H2,1-3H3. The lowest BCUT2D eigenvalue weighted by Crippen LogP contribution is -2.50. The monoisotopic (exact) mass is 216 g/mol. The highest BCUT2D eigenvalue weighted by Gasteiger charge is 2.37. The molecule has 0 aliphatic carbocycles. The van der Waals surface area contributed by atoms with Crippen molar-refractivity contribution in [3.8, 4) is 0 Å². The van der Waals surface area contributed by atoms with Crippen molar-refractivity contribution >= 4 is 16.8 Å². The minimum Gasteiger partial charge on any atom is -0.344 e. The van der Waals surface area contributed by atoms with Gasteiger partial charge >= 0.3 is 0 Å². The molecular formula is C10H20N2OS. The number of methoxy groups -OCH3 is 1. The van der Waals surface area contributed by atoms with E-state index >= 15 is 0 Å². The summed E-state index contributed by atoms with van der Waals surface area (Å²) in [5.41, 5.74) is 6.11. The Labute approximate surface area is 90.5 Å². The van der Waals surface area contributed by atoms with Crippen molar-refractivity contribution < 1.29 is 4.74 Å². The van der Waals surface area contributed by atoms with E-state index in [1.54, 1.807) is 18.9 Å². The molecule has 2 N–H and O–H groups in total. The van der Waals surface area contributed by atoms with Crippen molar-refractivity contribution in [2.24, 2.45) is 16.6 Å². The molecule has 0 spiro atoms. The second-order valence-electron chi connectivity index (χ2n) is 3.74. The zero-order valence-electron chi connectivity index (χ0n) is 9.25. The van der Waals surface area contributed by atoms with Crippen LogP contribution >= 0.6 is 11.8 Å². The summed E-state index contributed by atoms with van der Waals surface area (Å²) >= 11 is 1.78. The van der Waals surface area contributed by atoms with Gasteiger partial charge in [-0.15, -0.1) is 11.8 Å². The van der Waals surface area contributed by atoms with Crippen LogP contribution in [-0.2, 0) is 4.74 Å². The van der Waals surface area contributed by atoms with Crippen molar-refractivity contribution in [1.29, 1.82) is 0 Å². The van der Waals surface area contributed by atoms with Crippen LogP contribution in [0.15, 0.2) is 4.99 Å². The van der Waals surface area contributed by atoms with E-state index < -0.39 is 5.85 Å². The van der Waals surface area contributed by atoms with Crippen LogP contribution in [0.5, 0.6) is 0 Å².